The topological polar surface area (TPSA) is 79.9 Å². The van der Waals surface area contributed by atoms with Crippen molar-refractivity contribution >= 4 is 17.8 Å². The molecule has 0 spiro atoms. The fourth-order valence-electron chi connectivity index (χ4n) is 3.22. The third-order valence-electron chi connectivity index (χ3n) is 4.45. The van der Waals surface area contributed by atoms with E-state index < -0.39 is 11.7 Å². The largest absolute Gasteiger partial charge is 0.497 e. The van der Waals surface area contributed by atoms with Crippen molar-refractivity contribution in [3.05, 3.63) is 24.3 Å². The highest BCUT2D eigenvalue weighted by Crippen LogP contribution is 2.23. The van der Waals surface area contributed by atoms with Crippen LogP contribution < -0.4 is 15.4 Å². The summed E-state index contributed by atoms with van der Waals surface area (Å²) in [5.41, 5.74) is 0.121. The molecule has 7 nitrogen and oxygen atoms in total. The summed E-state index contributed by atoms with van der Waals surface area (Å²) < 4.78 is 10.5. The summed E-state index contributed by atoms with van der Waals surface area (Å²) in [7, 11) is 1.59. The molecule has 1 heterocycles. The Morgan fingerprint density at radius 1 is 1.26 bits per heavy atom. The summed E-state index contributed by atoms with van der Waals surface area (Å²) in [6.45, 7) is 8.04. The van der Waals surface area contributed by atoms with E-state index in [2.05, 4.69) is 10.6 Å². The Kier molecular flexibility index (Phi) is 6.93. The summed E-state index contributed by atoms with van der Waals surface area (Å²) in [4.78, 5) is 26.7. The van der Waals surface area contributed by atoms with Crippen LogP contribution in [-0.4, -0.2) is 48.4 Å². The third-order valence-corrected chi connectivity index (χ3v) is 4.45. The number of nitrogens with one attached hydrogen (secondary N) is 2. The Morgan fingerprint density at radius 3 is 2.67 bits per heavy atom. The number of carbonyl (C=O) groups excluding carboxylic acids is 2. The molecule has 1 saturated heterocycles. The summed E-state index contributed by atoms with van der Waals surface area (Å²) in [5, 5.41) is 5.80. The number of ether oxygens (including phenoxy) is 2. The number of nitrogens with zero attached hydrogens (tertiary/aromatic N) is 1. The fourth-order valence-corrected chi connectivity index (χ4v) is 3.22. The number of amides is 3. The lowest BCUT2D eigenvalue weighted by Crippen LogP contribution is -2.55. The van der Waals surface area contributed by atoms with Gasteiger partial charge in [-0.15, -0.1) is 0 Å². The van der Waals surface area contributed by atoms with Crippen LogP contribution >= 0.6 is 0 Å². The Labute approximate surface area is 161 Å². The van der Waals surface area contributed by atoms with E-state index in [0.29, 0.717) is 18.0 Å². The van der Waals surface area contributed by atoms with Crippen LogP contribution in [0.4, 0.5) is 15.3 Å². The average molecular weight is 377 g/mol. The van der Waals surface area contributed by atoms with Crippen LogP contribution in [0.2, 0.25) is 0 Å². The monoisotopic (exact) mass is 377 g/mol. The van der Waals surface area contributed by atoms with Crippen LogP contribution in [0.3, 0.4) is 0 Å². The average Bonchev–Trinajstić information content (AvgIpc) is 2.60. The predicted octanol–water partition coefficient (Wildman–Crippen LogP) is 3.99. The van der Waals surface area contributed by atoms with Gasteiger partial charge < -0.3 is 25.0 Å². The highest BCUT2D eigenvalue weighted by atomic mass is 16.6. The van der Waals surface area contributed by atoms with Crippen molar-refractivity contribution in [1.82, 2.24) is 10.2 Å². The SMILES string of the molecule is COc1cccc(NC(=O)N2CCCC[C@@H]2[C@H](C)NC(=O)OC(C)(C)C)c1. The second-order valence-corrected chi connectivity index (χ2v) is 7.85. The first-order valence-corrected chi connectivity index (χ1v) is 9.41. The second-order valence-electron chi connectivity index (χ2n) is 7.85. The van der Waals surface area contributed by atoms with Crippen molar-refractivity contribution in [3.63, 3.8) is 0 Å². The number of anilines is 1. The molecule has 2 atom stereocenters. The predicted molar refractivity (Wildman–Crippen MR) is 105 cm³/mol. The van der Waals surface area contributed by atoms with E-state index in [1.165, 1.54) is 0 Å². The number of rotatable bonds is 4. The normalized spacial score (nSPS) is 18.4. The molecule has 7 heteroatoms. The van der Waals surface area contributed by atoms with E-state index in [1.807, 2.05) is 45.9 Å². The molecule has 0 saturated carbocycles. The van der Waals surface area contributed by atoms with Crippen molar-refractivity contribution in [3.8, 4) is 5.75 Å². The smallest absolute Gasteiger partial charge is 0.407 e. The molecular weight excluding hydrogens is 346 g/mol. The van der Waals surface area contributed by atoms with Crippen LogP contribution in [0.1, 0.15) is 47.0 Å². The fraction of sp³-hybridized carbons (Fsp3) is 0.600. The third kappa shape index (κ3) is 6.34. The lowest BCUT2D eigenvalue weighted by Gasteiger charge is -2.39. The number of methoxy groups -OCH3 is 1. The van der Waals surface area contributed by atoms with Crippen molar-refractivity contribution in [2.45, 2.75) is 64.6 Å². The number of alkyl carbamates (subject to hydrolysis) is 1. The molecular formula is C20H31N3O4. The van der Waals surface area contributed by atoms with Gasteiger partial charge in [-0.25, -0.2) is 9.59 Å². The van der Waals surface area contributed by atoms with Crippen molar-refractivity contribution in [2.24, 2.45) is 0 Å². The van der Waals surface area contributed by atoms with Gasteiger partial charge in [0.15, 0.2) is 0 Å². The minimum Gasteiger partial charge on any atom is -0.497 e. The molecule has 1 aromatic carbocycles. The van der Waals surface area contributed by atoms with Crippen LogP contribution in [0.15, 0.2) is 24.3 Å². The van der Waals surface area contributed by atoms with Crippen molar-refractivity contribution < 1.29 is 19.1 Å². The second kappa shape index (κ2) is 8.97. The van der Waals surface area contributed by atoms with Gasteiger partial charge in [0.05, 0.1) is 13.2 Å². The maximum atomic E-state index is 12.8. The van der Waals surface area contributed by atoms with Gasteiger partial charge in [0.25, 0.3) is 0 Å². The first-order chi connectivity index (χ1) is 12.7. The number of hydrogen-bond acceptors (Lipinski definition) is 4. The molecule has 1 fully saturated rings. The van der Waals surface area contributed by atoms with Crippen LogP contribution in [0.5, 0.6) is 5.75 Å². The van der Waals surface area contributed by atoms with Gasteiger partial charge in [-0.2, -0.15) is 0 Å². The molecule has 150 valence electrons. The zero-order valence-corrected chi connectivity index (χ0v) is 16.9. The molecule has 0 unspecified atom stereocenters. The highest BCUT2D eigenvalue weighted by molar-refractivity contribution is 5.90. The number of hydrogen-bond donors (Lipinski definition) is 2. The number of carbonyl (C=O) groups is 2. The number of likely N-dealkylation sites (tertiary alicyclic amines) is 1. The lowest BCUT2D eigenvalue weighted by atomic mass is 9.97. The minimum atomic E-state index is -0.556. The van der Waals surface area contributed by atoms with Crippen molar-refractivity contribution in [2.75, 3.05) is 19.0 Å². The van der Waals surface area contributed by atoms with Gasteiger partial charge in [0.2, 0.25) is 0 Å². The molecule has 3 amide bonds. The van der Waals surface area contributed by atoms with E-state index in [9.17, 15) is 9.59 Å². The Balaban J connectivity index is 2.02. The molecule has 27 heavy (non-hydrogen) atoms. The number of benzene rings is 1. The molecule has 0 aromatic heterocycles. The highest BCUT2D eigenvalue weighted by Gasteiger charge is 2.32. The van der Waals surface area contributed by atoms with E-state index >= 15 is 0 Å². The zero-order chi connectivity index (χ0) is 20.0. The molecule has 2 rings (SSSR count). The minimum absolute atomic E-state index is 0.0862. The summed E-state index contributed by atoms with van der Waals surface area (Å²) >= 11 is 0. The first kappa shape index (κ1) is 20.9. The summed E-state index contributed by atoms with van der Waals surface area (Å²) in [6.07, 6.45) is 2.34. The van der Waals surface area contributed by atoms with Crippen LogP contribution in [-0.2, 0) is 4.74 Å². The number of piperidine rings is 1. The molecule has 1 aliphatic rings. The molecule has 0 aliphatic carbocycles. The number of urea groups is 1. The van der Waals surface area contributed by atoms with Gasteiger partial charge in [-0.3, -0.25) is 0 Å². The van der Waals surface area contributed by atoms with Gasteiger partial charge >= 0.3 is 12.1 Å². The molecule has 2 N–H and O–H groups in total. The lowest BCUT2D eigenvalue weighted by molar-refractivity contribution is 0.0465. The Bertz CT molecular complexity index is 657. The summed E-state index contributed by atoms with van der Waals surface area (Å²) in [5.74, 6) is 0.683. The van der Waals surface area contributed by atoms with Crippen molar-refractivity contribution in [1.29, 1.82) is 0 Å². The summed E-state index contributed by atoms with van der Waals surface area (Å²) in [6, 6.07) is 6.78. The Hall–Kier alpha value is -2.44. The first-order valence-electron chi connectivity index (χ1n) is 9.41. The maximum Gasteiger partial charge on any atom is 0.407 e. The zero-order valence-electron chi connectivity index (χ0n) is 16.9. The van der Waals surface area contributed by atoms with E-state index in [4.69, 9.17) is 9.47 Å². The van der Waals surface area contributed by atoms with Gasteiger partial charge in [0.1, 0.15) is 11.4 Å². The van der Waals surface area contributed by atoms with Crippen LogP contribution in [0.25, 0.3) is 0 Å². The quantitative estimate of drug-likeness (QED) is 0.831. The Morgan fingerprint density at radius 2 is 2.00 bits per heavy atom. The van der Waals surface area contributed by atoms with Gasteiger partial charge in [-0.1, -0.05) is 6.07 Å². The van der Waals surface area contributed by atoms with E-state index in [-0.39, 0.29) is 18.1 Å². The molecule has 0 bridgehead atoms. The maximum absolute atomic E-state index is 12.8. The van der Waals surface area contributed by atoms with Gasteiger partial charge in [0, 0.05) is 24.3 Å². The van der Waals surface area contributed by atoms with Crippen LogP contribution in [0, 0.1) is 0 Å². The molecule has 1 aromatic rings. The molecule has 0 radical (unpaired) electrons. The standard InChI is InChI=1S/C20H31N3O4/c1-14(21-19(25)27-20(2,3)4)17-11-6-7-12-23(17)18(24)22-15-9-8-10-16(13-15)26-5/h8-10,13-14,17H,6-7,11-12H2,1-5H3,(H,21,25)(H,22,24)/t14-,17+/m0/s1. The van der Waals surface area contributed by atoms with E-state index in [0.717, 1.165) is 19.3 Å². The van der Waals surface area contributed by atoms with Gasteiger partial charge in [-0.05, 0) is 59.1 Å². The van der Waals surface area contributed by atoms with E-state index in [1.54, 1.807) is 18.1 Å². The molecule has 1 aliphatic heterocycles.